The molecule has 0 amide bonds. The fourth-order valence-corrected chi connectivity index (χ4v) is 2.67. The predicted molar refractivity (Wildman–Crippen MR) is 71.8 cm³/mol. The molecule has 1 N–H and O–H groups in total. The Balaban J connectivity index is 1.86. The van der Waals surface area contributed by atoms with E-state index in [1.54, 1.807) is 0 Å². The summed E-state index contributed by atoms with van der Waals surface area (Å²) in [5.74, 6) is 0. The number of rotatable bonds is 3. The Labute approximate surface area is 105 Å². The van der Waals surface area contributed by atoms with Crippen LogP contribution in [0.4, 0.5) is 0 Å². The summed E-state index contributed by atoms with van der Waals surface area (Å²) >= 11 is 0. The molecule has 94 valence electrons. The van der Waals surface area contributed by atoms with Crippen molar-refractivity contribution in [2.75, 3.05) is 0 Å². The van der Waals surface area contributed by atoms with Gasteiger partial charge in [-0.25, -0.2) is 0 Å². The molecule has 0 saturated heterocycles. The molecule has 2 rings (SSSR count). The SMILES string of the molecule is CC(NC1CCC(C)(C)CC1)c1ccncc1. The molecule has 0 radical (unpaired) electrons. The first-order valence-electron chi connectivity index (χ1n) is 6.73. The summed E-state index contributed by atoms with van der Waals surface area (Å²) in [6, 6.07) is 5.32. The maximum atomic E-state index is 4.07. The number of hydrogen-bond acceptors (Lipinski definition) is 2. The summed E-state index contributed by atoms with van der Waals surface area (Å²) in [6.45, 7) is 7.01. The number of nitrogens with zero attached hydrogens (tertiary/aromatic N) is 1. The second-order valence-corrected chi connectivity index (χ2v) is 6.11. The molecular weight excluding hydrogens is 208 g/mol. The molecular formula is C15H24N2. The molecule has 1 saturated carbocycles. The van der Waals surface area contributed by atoms with Crippen molar-refractivity contribution < 1.29 is 0 Å². The van der Waals surface area contributed by atoms with Gasteiger partial charge in [0.25, 0.3) is 0 Å². The lowest BCUT2D eigenvalue weighted by molar-refractivity contribution is 0.200. The van der Waals surface area contributed by atoms with Gasteiger partial charge in [-0.05, 0) is 55.7 Å². The van der Waals surface area contributed by atoms with Crippen molar-refractivity contribution in [2.24, 2.45) is 5.41 Å². The van der Waals surface area contributed by atoms with Gasteiger partial charge in [-0.15, -0.1) is 0 Å². The molecule has 1 aliphatic carbocycles. The Bertz CT molecular complexity index is 335. The third kappa shape index (κ3) is 3.53. The lowest BCUT2D eigenvalue weighted by Crippen LogP contribution is -2.37. The van der Waals surface area contributed by atoms with E-state index in [0.29, 0.717) is 17.5 Å². The van der Waals surface area contributed by atoms with E-state index in [0.717, 1.165) is 0 Å². The van der Waals surface area contributed by atoms with Crippen LogP contribution in [0.25, 0.3) is 0 Å². The highest BCUT2D eigenvalue weighted by molar-refractivity contribution is 5.14. The molecule has 1 fully saturated rings. The minimum Gasteiger partial charge on any atom is -0.307 e. The van der Waals surface area contributed by atoms with Crippen LogP contribution in [-0.2, 0) is 0 Å². The molecule has 17 heavy (non-hydrogen) atoms. The minimum atomic E-state index is 0.434. The lowest BCUT2D eigenvalue weighted by Gasteiger charge is -2.36. The van der Waals surface area contributed by atoms with Crippen molar-refractivity contribution in [2.45, 2.75) is 58.5 Å². The van der Waals surface area contributed by atoms with Crippen LogP contribution in [0.1, 0.15) is 58.1 Å². The highest BCUT2D eigenvalue weighted by atomic mass is 14.9. The van der Waals surface area contributed by atoms with E-state index >= 15 is 0 Å². The highest BCUT2D eigenvalue weighted by Crippen LogP contribution is 2.35. The monoisotopic (exact) mass is 232 g/mol. The van der Waals surface area contributed by atoms with E-state index in [1.165, 1.54) is 31.2 Å². The smallest absolute Gasteiger partial charge is 0.0295 e. The maximum absolute atomic E-state index is 4.07. The van der Waals surface area contributed by atoms with Gasteiger partial charge in [-0.3, -0.25) is 4.98 Å². The lowest BCUT2D eigenvalue weighted by atomic mass is 9.75. The Morgan fingerprint density at radius 1 is 1.24 bits per heavy atom. The van der Waals surface area contributed by atoms with Gasteiger partial charge in [0.2, 0.25) is 0 Å². The average molecular weight is 232 g/mol. The summed E-state index contributed by atoms with van der Waals surface area (Å²) in [7, 11) is 0. The second kappa shape index (κ2) is 5.18. The molecule has 0 spiro atoms. The van der Waals surface area contributed by atoms with Crippen molar-refractivity contribution in [1.82, 2.24) is 10.3 Å². The van der Waals surface area contributed by atoms with Crippen LogP contribution < -0.4 is 5.32 Å². The first kappa shape index (κ1) is 12.6. The van der Waals surface area contributed by atoms with Crippen LogP contribution in [-0.4, -0.2) is 11.0 Å². The maximum Gasteiger partial charge on any atom is 0.0295 e. The fourth-order valence-electron chi connectivity index (χ4n) is 2.67. The normalized spacial score (nSPS) is 22.3. The molecule has 1 heterocycles. The van der Waals surface area contributed by atoms with Gasteiger partial charge in [0.15, 0.2) is 0 Å². The predicted octanol–water partition coefficient (Wildman–Crippen LogP) is 3.70. The topological polar surface area (TPSA) is 24.9 Å². The zero-order valence-corrected chi connectivity index (χ0v) is 11.2. The third-order valence-corrected chi connectivity index (χ3v) is 4.03. The molecule has 2 heteroatoms. The molecule has 0 bridgehead atoms. The van der Waals surface area contributed by atoms with Crippen molar-refractivity contribution in [1.29, 1.82) is 0 Å². The van der Waals surface area contributed by atoms with Crippen molar-refractivity contribution >= 4 is 0 Å². The second-order valence-electron chi connectivity index (χ2n) is 6.11. The quantitative estimate of drug-likeness (QED) is 0.859. The molecule has 1 unspecified atom stereocenters. The van der Waals surface area contributed by atoms with Gasteiger partial charge >= 0.3 is 0 Å². The molecule has 1 aliphatic rings. The molecule has 1 aromatic rings. The van der Waals surface area contributed by atoms with Crippen molar-refractivity contribution in [3.05, 3.63) is 30.1 Å². The van der Waals surface area contributed by atoms with Crippen molar-refractivity contribution in [3.8, 4) is 0 Å². The Kier molecular flexibility index (Phi) is 3.82. The van der Waals surface area contributed by atoms with Crippen molar-refractivity contribution in [3.63, 3.8) is 0 Å². The van der Waals surface area contributed by atoms with E-state index in [4.69, 9.17) is 0 Å². The van der Waals surface area contributed by atoms with Gasteiger partial charge in [0.05, 0.1) is 0 Å². The standard InChI is InChI=1S/C15H24N2/c1-12(13-6-10-16-11-7-13)17-14-4-8-15(2,3)9-5-14/h6-7,10-12,14,17H,4-5,8-9H2,1-3H3. The average Bonchev–Trinajstić information content (AvgIpc) is 2.33. The summed E-state index contributed by atoms with van der Waals surface area (Å²) < 4.78 is 0. The Morgan fingerprint density at radius 3 is 2.41 bits per heavy atom. The number of hydrogen-bond donors (Lipinski definition) is 1. The van der Waals surface area contributed by atoms with Gasteiger partial charge in [-0.1, -0.05) is 13.8 Å². The summed E-state index contributed by atoms with van der Waals surface area (Å²) in [5.41, 5.74) is 1.89. The van der Waals surface area contributed by atoms with Crippen LogP contribution in [0.5, 0.6) is 0 Å². The summed E-state index contributed by atoms with van der Waals surface area (Å²) in [5, 5.41) is 3.75. The molecule has 1 aromatic heterocycles. The zero-order valence-electron chi connectivity index (χ0n) is 11.2. The van der Waals surface area contributed by atoms with E-state index in [2.05, 4.69) is 43.2 Å². The molecule has 2 nitrogen and oxygen atoms in total. The highest BCUT2D eigenvalue weighted by Gasteiger charge is 2.27. The number of nitrogens with one attached hydrogen (secondary N) is 1. The Hall–Kier alpha value is -0.890. The molecule has 0 aliphatic heterocycles. The third-order valence-electron chi connectivity index (χ3n) is 4.03. The number of aromatic nitrogens is 1. The van der Waals surface area contributed by atoms with Gasteiger partial charge in [0.1, 0.15) is 0 Å². The number of pyridine rings is 1. The van der Waals surface area contributed by atoms with Crippen LogP contribution >= 0.6 is 0 Å². The fraction of sp³-hybridized carbons (Fsp3) is 0.667. The van der Waals surface area contributed by atoms with Crippen LogP contribution in [0.2, 0.25) is 0 Å². The van der Waals surface area contributed by atoms with E-state index in [-0.39, 0.29) is 0 Å². The Morgan fingerprint density at radius 2 is 1.82 bits per heavy atom. The van der Waals surface area contributed by atoms with Gasteiger partial charge in [-0.2, -0.15) is 0 Å². The van der Waals surface area contributed by atoms with E-state index in [9.17, 15) is 0 Å². The summed E-state index contributed by atoms with van der Waals surface area (Å²) in [6.07, 6.45) is 9.04. The molecule has 1 atom stereocenters. The van der Waals surface area contributed by atoms with Crippen LogP contribution in [0.15, 0.2) is 24.5 Å². The zero-order chi connectivity index (χ0) is 12.3. The van der Waals surface area contributed by atoms with Gasteiger partial charge in [0, 0.05) is 24.5 Å². The van der Waals surface area contributed by atoms with Gasteiger partial charge < -0.3 is 5.32 Å². The largest absolute Gasteiger partial charge is 0.307 e. The minimum absolute atomic E-state index is 0.434. The van der Waals surface area contributed by atoms with E-state index < -0.39 is 0 Å². The van der Waals surface area contributed by atoms with Crippen LogP contribution in [0.3, 0.4) is 0 Å². The van der Waals surface area contributed by atoms with Crippen LogP contribution in [0, 0.1) is 5.41 Å². The summed E-state index contributed by atoms with van der Waals surface area (Å²) in [4.78, 5) is 4.07. The van der Waals surface area contributed by atoms with E-state index in [1.807, 2.05) is 12.4 Å². The first-order valence-corrected chi connectivity index (χ1v) is 6.73. The first-order chi connectivity index (χ1) is 8.07. The molecule has 0 aromatic carbocycles.